The lowest BCUT2D eigenvalue weighted by molar-refractivity contribution is -0.599. The molecule has 1 atom stereocenters. The first kappa shape index (κ1) is 13.1. The van der Waals surface area contributed by atoms with E-state index in [1.165, 1.54) is 31.4 Å². The number of methoxy groups -OCH3 is 1. The SMILES string of the molecule is COc1ccc(OC2([N+](=O)[O-])C=C(F)C=CC2)cc1. The van der Waals surface area contributed by atoms with E-state index in [-0.39, 0.29) is 12.2 Å². The minimum Gasteiger partial charge on any atom is -0.497 e. The molecule has 0 bridgehead atoms. The van der Waals surface area contributed by atoms with E-state index >= 15 is 0 Å². The summed E-state index contributed by atoms with van der Waals surface area (Å²) in [6, 6.07) is 6.30. The number of nitro groups is 1. The molecule has 0 fully saturated rings. The van der Waals surface area contributed by atoms with Gasteiger partial charge in [0.25, 0.3) is 0 Å². The molecule has 0 aromatic heterocycles. The zero-order valence-electron chi connectivity index (χ0n) is 10.2. The van der Waals surface area contributed by atoms with Gasteiger partial charge in [-0.3, -0.25) is 10.1 Å². The average Bonchev–Trinajstić information content (AvgIpc) is 2.39. The molecule has 0 heterocycles. The van der Waals surface area contributed by atoms with Crippen LogP contribution in [0.1, 0.15) is 6.42 Å². The molecule has 5 nitrogen and oxygen atoms in total. The molecule has 0 radical (unpaired) electrons. The zero-order valence-corrected chi connectivity index (χ0v) is 10.2. The van der Waals surface area contributed by atoms with Gasteiger partial charge >= 0.3 is 5.72 Å². The van der Waals surface area contributed by atoms with Gasteiger partial charge in [-0.25, -0.2) is 4.39 Å². The third-order valence-corrected chi connectivity index (χ3v) is 2.71. The fourth-order valence-electron chi connectivity index (χ4n) is 1.75. The minimum absolute atomic E-state index is 0.0283. The van der Waals surface area contributed by atoms with E-state index in [0.29, 0.717) is 5.75 Å². The van der Waals surface area contributed by atoms with Gasteiger partial charge in [-0.05, 0) is 30.3 Å². The fraction of sp³-hybridized carbons (Fsp3) is 0.231. The van der Waals surface area contributed by atoms with Gasteiger partial charge in [0.15, 0.2) is 0 Å². The Balaban J connectivity index is 2.26. The van der Waals surface area contributed by atoms with Crippen molar-refractivity contribution in [1.29, 1.82) is 0 Å². The predicted octanol–water partition coefficient (Wildman–Crippen LogP) is 2.86. The van der Waals surface area contributed by atoms with Crippen LogP contribution in [0.25, 0.3) is 0 Å². The molecule has 0 amide bonds. The second-order valence-corrected chi connectivity index (χ2v) is 4.02. The Morgan fingerprint density at radius 3 is 2.47 bits per heavy atom. The van der Waals surface area contributed by atoms with Crippen LogP contribution in [0, 0.1) is 10.1 Å². The number of rotatable bonds is 4. The van der Waals surface area contributed by atoms with Gasteiger partial charge in [0.2, 0.25) is 0 Å². The van der Waals surface area contributed by atoms with E-state index in [9.17, 15) is 14.5 Å². The summed E-state index contributed by atoms with van der Waals surface area (Å²) >= 11 is 0. The van der Waals surface area contributed by atoms with E-state index in [1.807, 2.05) is 0 Å². The molecule has 2 rings (SSSR count). The van der Waals surface area contributed by atoms with Gasteiger partial charge in [-0.1, -0.05) is 6.08 Å². The summed E-state index contributed by atoms with van der Waals surface area (Å²) in [6.45, 7) is 0. The van der Waals surface area contributed by atoms with Crippen molar-refractivity contribution >= 4 is 0 Å². The maximum atomic E-state index is 13.2. The van der Waals surface area contributed by atoms with Crippen LogP contribution in [0.4, 0.5) is 4.39 Å². The Hall–Kier alpha value is -2.37. The lowest BCUT2D eigenvalue weighted by Crippen LogP contribution is -2.43. The molecule has 0 N–H and O–H groups in total. The van der Waals surface area contributed by atoms with Crippen molar-refractivity contribution in [3.63, 3.8) is 0 Å². The number of nitrogens with zero attached hydrogens (tertiary/aromatic N) is 1. The van der Waals surface area contributed by atoms with Crippen molar-refractivity contribution in [3.05, 3.63) is 58.4 Å². The summed E-state index contributed by atoms with van der Waals surface area (Å²) in [5.41, 5.74) is -1.90. The smallest absolute Gasteiger partial charge is 0.389 e. The Morgan fingerprint density at radius 1 is 1.32 bits per heavy atom. The van der Waals surface area contributed by atoms with Crippen LogP contribution in [-0.2, 0) is 0 Å². The maximum Gasteiger partial charge on any atom is 0.389 e. The highest BCUT2D eigenvalue weighted by Crippen LogP contribution is 2.30. The van der Waals surface area contributed by atoms with Gasteiger partial charge in [0, 0.05) is 0 Å². The predicted molar refractivity (Wildman–Crippen MR) is 66.3 cm³/mol. The van der Waals surface area contributed by atoms with E-state index in [4.69, 9.17) is 9.47 Å². The van der Waals surface area contributed by atoms with Gasteiger partial charge in [0.1, 0.15) is 17.3 Å². The fourth-order valence-corrected chi connectivity index (χ4v) is 1.75. The zero-order chi connectivity index (χ0) is 13.9. The van der Waals surface area contributed by atoms with Crippen LogP contribution in [0.2, 0.25) is 0 Å². The summed E-state index contributed by atoms with van der Waals surface area (Å²) in [7, 11) is 1.51. The van der Waals surface area contributed by atoms with Crippen LogP contribution in [0.15, 0.2) is 48.3 Å². The molecule has 1 aromatic carbocycles. The molecular formula is C13H12FNO4. The molecule has 1 aliphatic rings. The number of hydrogen-bond donors (Lipinski definition) is 0. The first-order chi connectivity index (χ1) is 9.05. The monoisotopic (exact) mass is 265 g/mol. The van der Waals surface area contributed by atoms with E-state index in [0.717, 1.165) is 6.08 Å². The largest absolute Gasteiger partial charge is 0.497 e. The third kappa shape index (κ3) is 2.73. The number of hydrogen-bond acceptors (Lipinski definition) is 4. The van der Waals surface area contributed by atoms with Crippen LogP contribution in [0.5, 0.6) is 11.5 Å². The molecule has 1 aromatic rings. The highest BCUT2D eigenvalue weighted by atomic mass is 19.1. The molecule has 19 heavy (non-hydrogen) atoms. The lowest BCUT2D eigenvalue weighted by atomic mass is 10.0. The number of ether oxygens (including phenoxy) is 2. The Bertz CT molecular complexity index is 538. The van der Waals surface area contributed by atoms with Crippen LogP contribution in [0.3, 0.4) is 0 Å². The third-order valence-electron chi connectivity index (χ3n) is 2.71. The van der Waals surface area contributed by atoms with Crippen molar-refractivity contribution in [2.75, 3.05) is 7.11 Å². The Morgan fingerprint density at radius 2 is 1.95 bits per heavy atom. The molecule has 0 saturated carbocycles. The van der Waals surface area contributed by atoms with Gasteiger partial charge < -0.3 is 9.47 Å². The molecular weight excluding hydrogens is 253 g/mol. The van der Waals surface area contributed by atoms with Gasteiger partial charge in [-0.2, -0.15) is 0 Å². The van der Waals surface area contributed by atoms with Crippen molar-refractivity contribution in [1.82, 2.24) is 0 Å². The standard InChI is InChI=1S/C13H12FNO4/c1-18-11-4-6-12(7-5-11)19-13(15(16)17)8-2-3-10(14)9-13/h2-7,9H,8H2,1H3. The normalized spacial score (nSPS) is 21.7. The molecule has 1 aliphatic carbocycles. The highest BCUT2D eigenvalue weighted by molar-refractivity contribution is 5.32. The first-order valence-electron chi connectivity index (χ1n) is 5.58. The van der Waals surface area contributed by atoms with Crippen molar-refractivity contribution < 1.29 is 18.8 Å². The summed E-state index contributed by atoms with van der Waals surface area (Å²) < 4.78 is 23.6. The van der Waals surface area contributed by atoms with E-state index < -0.39 is 16.5 Å². The summed E-state index contributed by atoms with van der Waals surface area (Å²) in [5, 5.41) is 11.2. The Labute approximate surface area is 109 Å². The molecule has 6 heteroatoms. The van der Waals surface area contributed by atoms with E-state index in [2.05, 4.69) is 0 Å². The van der Waals surface area contributed by atoms with Crippen LogP contribution < -0.4 is 9.47 Å². The molecule has 100 valence electrons. The highest BCUT2D eigenvalue weighted by Gasteiger charge is 2.44. The second-order valence-electron chi connectivity index (χ2n) is 4.02. The number of benzene rings is 1. The molecule has 0 saturated heterocycles. The molecule has 1 unspecified atom stereocenters. The van der Waals surface area contributed by atoms with E-state index in [1.54, 1.807) is 12.1 Å². The van der Waals surface area contributed by atoms with Crippen molar-refractivity contribution in [2.45, 2.75) is 12.1 Å². The first-order valence-corrected chi connectivity index (χ1v) is 5.58. The Kier molecular flexibility index (Phi) is 3.50. The lowest BCUT2D eigenvalue weighted by Gasteiger charge is -2.23. The molecule has 0 spiro atoms. The minimum atomic E-state index is -1.90. The van der Waals surface area contributed by atoms with Gasteiger partial charge in [-0.15, -0.1) is 0 Å². The molecule has 0 aliphatic heterocycles. The van der Waals surface area contributed by atoms with Crippen LogP contribution >= 0.6 is 0 Å². The summed E-state index contributed by atoms with van der Waals surface area (Å²) in [5.74, 6) is 0.195. The average molecular weight is 265 g/mol. The number of halogens is 1. The van der Waals surface area contributed by atoms with Crippen molar-refractivity contribution in [2.24, 2.45) is 0 Å². The quantitative estimate of drug-likeness (QED) is 0.477. The maximum absolute atomic E-state index is 13.2. The topological polar surface area (TPSA) is 61.6 Å². The summed E-state index contributed by atoms with van der Waals surface area (Å²) in [6.07, 6.45) is 3.40. The number of allylic oxidation sites excluding steroid dienone is 2. The van der Waals surface area contributed by atoms with Crippen LogP contribution in [-0.4, -0.2) is 17.8 Å². The van der Waals surface area contributed by atoms with Crippen molar-refractivity contribution in [3.8, 4) is 11.5 Å². The second kappa shape index (κ2) is 5.09. The van der Waals surface area contributed by atoms with Gasteiger partial charge in [0.05, 0.1) is 24.5 Å². The summed E-state index contributed by atoms with van der Waals surface area (Å²) in [4.78, 5) is 10.5.